The molecule has 1 atom stereocenters. The minimum absolute atomic E-state index is 0.0250. The minimum Gasteiger partial charge on any atom is -0.365 e. The van der Waals surface area contributed by atoms with Crippen molar-refractivity contribution in [3.05, 3.63) is 60.0 Å². The Bertz CT molecular complexity index is 918. The Morgan fingerprint density at radius 2 is 1.96 bits per heavy atom. The first-order valence-electron chi connectivity index (χ1n) is 7.99. The van der Waals surface area contributed by atoms with Crippen LogP contribution in [0.1, 0.15) is 22.4 Å². The Labute approximate surface area is 147 Å². The fourth-order valence-electron chi connectivity index (χ4n) is 2.66. The molecule has 8 nitrogen and oxygen atoms in total. The van der Waals surface area contributed by atoms with Gasteiger partial charge in [-0.1, -0.05) is 17.3 Å². The van der Waals surface area contributed by atoms with Gasteiger partial charge >= 0.3 is 0 Å². The topological polar surface area (TPSA) is 94.2 Å². The van der Waals surface area contributed by atoms with Gasteiger partial charge in [0.1, 0.15) is 5.82 Å². The quantitative estimate of drug-likeness (QED) is 0.708. The number of morpholine rings is 1. The van der Waals surface area contributed by atoms with E-state index in [4.69, 9.17) is 9.26 Å². The predicted molar refractivity (Wildman–Crippen MR) is 86.3 cm³/mol. The van der Waals surface area contributed by atoms with Gasteiger partial charge in [0, 0.05) is 18.9 Å². The zero-order chi connectivity index (χ0) is 17.9. The number of aromatic nitrogens is 4. The van der Waals surface area contributed by atoms with E-state index in [1.165, 1.54) is 17.0 Å². The highest BCUT2D eigenvalue weighted by Crippen LogP contribution is 2.24. The Hall–Kier alpha value is -3.20. The average Bonchev–Trinajstić information content (AvgIpc) is 3.19. The molecule has 1 aliphatic rings. The highest BCUT2D eigenvalue weighted by atomic mass is 19.1. The summed E-state index contributed by atoms with van der Waals surface area (Å²) in [5.74, 6) is -0.165. The SMILES string of the molecule is O=C(c1ccccc1F)N1CCO[C@H](c2nc(-c3ncccn3)no2)C1. The third-order valence-corrected chi connectivity index (χ3v) is 3.94. The smallest absolute Gasteiger partial charge is 0.258 e. The molecule has 1 fully saturated rings. The zero-order valence-corrected chi connectivity index (χ0v) is 13.6. The standard InChI is InChI=1S/C17H14FN5O3/c18-12-5-2-1-4-11(12)17(24)23-8-9-25-13(10-23)16-21-15(22-26-16)14-19-6-3-7-20-14/h1-7,13H,8-10H2/t13-/m0/s1. The first kappa shape index (κ1) is 16.3. The van der Waals surface area contributed by atoms with Crippen molar-refractivity contribution in [2.45, 2.75) is 6.10 Å². The van der Waals surface area contributed by atoms with Crippen LogP contribution in [0.25, 0.3) is 11.6 Å². The van der Waals surface area contributed by atoms with Gasteiger partial charge in [0.15, 0.2) is 6.10 Å². The van der Waals surface area contributed by atoms with E-state index in [2.05, 4.69) is 20.1 Å². The van der Waals surface area contributed by atoms with Gasteiger partial charge in [0.25, 0.3) is 11.8 Å². The number of nitrogens with zero attached hydrogens (tertiary/aromatic N) is 5. The maximum Gasteiger partial charge on any atom is 0.258 e. The van der Waals surface area contributed by atoms with Gasteiger partial charge in [-0.2, -0.15) is 4.98 Å². The average molecular weight is 355 g/mol. The summed E-state index contributed by atoms with van der Waals surface area (Å²) in [5.41, 5.74) is 0.0250. The largest absolute Gasteiger partial charge is 0.365 e. The monoisotopic (exact) mass is 355 g/mol. The molecule has 0 radical (unpaired) electrons. The van der Waals surface area contributed by atoms with Gasteiger partial charge in [0.2, 0.25) is 11.6 Å². The van der Waals surface area contributed by atoms with Crippen LogP contribution in [0, 0.1) is 5.82 Å². The summed E-state index contributed by atoms with van der Waals surface area (Å²) >= 11 is 0. The highest BCUT2D eigenvalue weighted by Gasteiger charge is 2.31. The number of carbonyl (C=O) groups is 1. The van der Waals surface area contributed by atoms with E-state index in [0.717, 1.165) is 0 Å². The van der Waals surface area contributed by atoms with E-state index in [1.54, 1.807) is 30.6 Å². The van der Waals surface area contributed by atoms with Crippen LogP contribution >= 0.6 is 0 Å². The van der Waals surface area contributed by atoms with Gasteiger partial charge in [-0.05, 0) is 18.2 Å². The first-order valence-corrected chi connectivity index (χ1v) is 7.99. The molecule has 9 heteroatoms. The van der Waals surface area contributed by atoms with E-state index >= 15 is 0 Å². The summed E-state index contributed by atoms with van der Waals surface area (Å²) in [4.78, 5) is 26.4. The maximum atomic E-state index is 13.9. The molecule has 0 aliphatic carbocycles. The molecule has 0 N–H and O–H groups in total. The van der Waals surface area contributed by atoms with E-state index in [-0.39, 0.29) is 30.4 Å². The molecular weight excluding hydrogens is 341 g/mol. The summed E-state index contributed by atoms with van der Waals surface area (Å²) in [6.45, 7) is 0.821. The highest BCUT2D eigenvalue weighted by molar-refractivity contribution is 5.94. The van der Waals surface area contributed by atoms with Crippen LogP contribution in [0.5, 0.6) is 0 Å². The predicted octanol–water partition coefficient (Wildman–Crippen LogP) is 1.88. The van der Waals surface area contributed by atoms with Gasteiger partial charge in [-0.25, -0.2) is 14.4 Å². The molecule has 0 saturated carbocycles. The van der Waals surface area contributed by atoms with Crippen LogP contribution in [0.4, 0.5) is 4.39 Å². The number of hydrogen-bond donors (Lipinski definition) is 0. The van der Waals surface area contributed by atoms with E-state index < -0.39 is 17.8 Å². The van der Waals surface area contributed by atoms with Crippen LogP contribution in [0.3, 0.4) is 0 Å². The van der Waals surface area contributed by atoms with Crippen molar-refractivity contribution in [2.75, 3.05) is 19.7 Å². The zero-order valence-electron chi connectivity index (χ0n) is 13.6. The molecule has 3 aromatic rings. The van der Waals surface area contributed by atoms with Crippen molar-refractivity contribution in [1.82, 2.24) is 25.0 Å². The Balaban J connectivity index is 1.52. The Kier molecular flexibility index (Phi) is 4.36. The molecule has 0 bridgehead atoms. The van der Waals surface area contributed by atoms with E-state index in [0.29, 0.717) is 12.4 Å². The molecule has 3 heterocycles. The Morgan fingerprint density at radius 1 is 1.15 bits per heavy atom. The number of benzene rings is 1. The fraction of sp³-hybridized carbons (Fsp3) is 0.235. The lowest BCUT2D eigenvalue weighted by Gasteiger charge is -2.31. The van der Waals surface area contributed by atoms with Gasteiger partial charge in [-0.15, -0.1) is 0 Å². The lowest BCUT2D eigenvalue weighted by Crippen LogP contribution is -2.42. The third-order valence-electron chi connectivity index (χ3n) is 3.94. The molecule has 4 rings (SSSR count). The normalized spacial score (nSPS) is 17.3. The fourth-order valence-corrected chi connectivity index (χ4v) is 2.66. The van der Waals surface area contributed by atoms with Gasteiger partial charge < -0.3 is 14.2 Å². The third kappa shape index (κ3) is 3.16. The number of amides is 1. The van der Waals surface area contributed by atoms with Gasteiger partial charge in [0.05, 0.1) is 18.7 Å². The van der Waals surface area contributed by atoms with Gasteiger partial charge in [-0.3, -0.25) is 4.79 Å². The van der Waals surface area contributed by atoms with E-state index in [9.17, 15) is 9.18 Å². The van der Waals surface area contributed by atoms with Crippen LogP contribution in [-0.2, 0) is 4.74 Å². The number of hydrogen-bond acceptors (Lipinski definition) is 7. The second-order valence-corrected chi connectivity index (χ2v) is 5.62. The van der Waals surface area contributed by atoms with Crippen LogP contribution < -0.4 is 0 Å². The van der Waals surface area contributed by atoms with Crippen molar-refractivity contribution in [1.29, 1.82) is 0 Å². The van der Waals surface area contributed by atoms with Crippen molar-refractivity contribution < 1.29 is 18.4 Å². The second kappa shape index (κ2) is 6.96. The summed E-state index contributed by atoms with van der Waals surface area (Å²) in [5, 5.41) is 3.85. The summed E-state index contributed by atoms with van der Waals surface area (Å²) in [6.07, 6.45) is 2.55. The summed E-state index contributed by atoms with van der Waals surface area (Å²) in [6, 6.07) is 7.56. The number of carbonyl (C=O) groups excluding carboxylic acids is 1. The molecular formula is C17H14FN5O3. The minimum atomic E-state index is -0.593. The number of rotatable bonds is 3. The molecule has 132 valence electrons. The number of halogens is 1. The Morgan fingerprint density at radius 3 is 2.77 bits per heavy atom. The molecule has 2 aromatic heterocycles. The molecule has 1 amide bonds. The number of ether oxygens (including phenoxy) is 1. The van der Waals surface area contributed by atoms with Crippen molar-refractivity contribution in [3.63, 3.8) is 0 Å². The van der Waals surface area contributed by atoms with Crippen molar-refractivity contribution in [3.8, 4) is 11.6 Å². The van der Waals surface area contributed by atoms with E-state index in [1.807, 2.05) is 0 Å². The molecule has 1 saturated heterocycles. The lowest BCUT2D eigenvalue weighted by molar-refractivity contribution is -0.0368. The second-order valence-electron chi connectivity index (χ2n) is 5.62. The van der Waals surface area contributed by atoms with Crippen LogP contribution in [0.2, 0.25) is 0 Å². The molecule has 0 unspecified atom stereocenters. The molecule has 0 spiro atoms. The molecule has 1 aliphatic heterocycles. The molecule has 1 aromatic carbocycles. The molecule has 26 heavy (non-hydrogen) atoms. The van der Waals surface area contributed by atoms with Crippen LogP contribution in [-0.4, -0.2) is 50.6 Å². The van der Waals surface area contributed by atoms with Crippen LogP contribution in [0.15, 0.2) is 47.2 Å². The van der Waals surface area contributed by atoms with Crippen molar-refractivity contribution >= 4 is 5.91 Å². The summed E-state index contributed by atoms with van der Waals surface area (Å²) < 4.78 is 24.7. The van der Waals surface area contributed by atoms with Crippen molar-refractivity contribution in [2.24, 2.45) is 0 Å². The summed E-state index contributed by atoms with van der Waals surface area (Å²) in [7, 11) is 0. The first-order chi connectivity index (χ1) is 12.7. The lowest BCUT2D eigenvalue weighted by atomic mass is 10.1. The maximum absolute atomic E-state index is 13.9.